The predicted molar refractivity (Wildman–Crippen MR) is 93.6 cm³/mol. The number of amides is 1. The Kier molecular flexibility index (Phi) is 7.21. The lowest BCUT2D eigenvalue weighted by molar-refractivity contribution is -0.120. The maximum Gasteiger partial charge on any atom is 0.224 e. The summed E-state index contributed by atoms with van der Waals surface area (Å²) in [4.78, 5) is 26.0. The van der Waals surface area contributed by atoms with Gasteiger partial charge in [0.15, 0.2) is 5.78 Å². The van der Waals surface area contributed by atoms with Crippen molar-refractivity contribution < 1.29 is 14.3 Å². The molecule has 0 radical (unpaired) electrons. The van der Waals surface area contributed by atoms with Crippen molar-refractivity contribution in [3.63, 3.8) is 0 Å². The summed E-state index contributed by atoms with van der Waals surface area (Å²) < 4.78 is 5.28. The molecule has 1 aromatic rings. The lowest BCUT2D eigenvalue weighted by Gasteiger charge is -2.27. The summed E-state index contributed by atoms with van der Waals surface area (Å²) in [6.07, 6.45) is 1.16. The summed E-state index contributed by atoms with van der Waals surface area (Å²) in [6.45, 7) is 7.41. The number of carbonyl (C=O) groups excluding carboxylic acids is 2. The molecule has 0 bridgehead atoms. The molecular formula is C18H27N3O3. The van der Waals surface area contributed by atoms with Crippen LogP contribution in [0.4, 0.5) is 0 Å². The molecule has 1 heterocycles. The third-order valence-corrected chi connectivity index (χ3v) is 4.22. The molecular weight excluding hydrogens is 306 g/mol. The molecule has 6 nitrogen and oxygen atoms in total. The second kappa shape index (κ2) is 9.39. The van der Waals surface area contributed by atoms with Gasteiger partial charge < -0.3 is 20.3 Å². The molecule has 0 aliphatic carbocycles. The van der Waals surface area contributed by atoms with Crippen molar-refractivity contribution in [3.05, 3.63) is 29.3 Å². The first-order valence-corrected chi connectivity index (χ1v) is 8.48. The Morgan fingerprint density at radius 1 is 1.29 bits per heavy atom. The number of nitrogens with one attached hydrogen (secondary N) is 2. The molecule has 0 unspecified atom stereocenters. The van der Waals surface area contributed by atoms with Gasteiger partial charge >= 0.3 is 0 Å². The van der Waals surface area contributed by atoms with E-state index in [9.17, 15) is 9.59 Å². The SMILES string of the molecule is COc1ccc(C(C)=O)cc1CC(=O)NCCCN1CCNCC1. The Bertz CT molecular complexity index is 569. The Morgan fingerprint density at radius 3 is 2.71 bits per heavy atom. The maximum absolute atomic E-state index is 12.1. The zero-order valence-electron chi connectivity index (χ0n) is 14.6. The fourth-order valence-electron chi connectivity index (χ4n) is 2.84. The van der Waals surface area contributed by atoms with Crippen LogP contribution in [0.5, 0.6) is 5.75 Å². The van der Waals surface area contributed by atoms with E-state index in [1.165, 1.54) is 6.92 Å². The number of piperazine rings is 1. The smallest absolute Gasteiger partial charge is 0.224 e. The quantitative estimate of drug-likeness (QED) is 0.545. The first-order chi connectivity index (χ1) is 11.6. The van der Waals surface area contributed by atoms with Crippen LogP contribution in [-0.2, 0) is 11.2 Å². The zero-order chi connectivity index (χ0) is 17.4. The van der Waals surface area contributed by atoms with E-state index in [4.69, 9.17) is 4.74 Å². The van der Waals surface area contributed by atoms with Crippen LogP contribution < -0.4 is 15.4 Å². The van der Waals surface area contributed by atoms with Gasteiger partial charge in [-0.05, 0) is 38.1 Å². The van der Waals surface area contributed by atoms with Gasteiger partial charge in [-0.15, -0.1) is 0 Å². The van der Waals surface area contributed by atoms with Crippen LogP contribution in [0.2, 0.25) is 0 Å². The molecule has 0 atom stereocenters. The van der Waals surface area contributed by atoms with Crippen molar-refractivity contribution >= 4 is 11.7 Å². The third kappa shape index (κ3) is 5.62. The van der Waals surface area contributed by atoms with E-state index in [1.54, 1.807) is 25.3 Å². The molecule has 1 aliphatic heterocycles. The van der Waals surface area contributed by atoms with Crippen molar-refractivity contribution in [3.8, 4) is 5.75 Å². The van der Waals surface area contributed by atoms with Crippen molar-refractivity contribution in [2.75, 3.05) is 46.4 Å². The van der Waals surface area contributed by atoms with Crippen LogP contribution in [0.25, 0.3) is 0 Å². The van der Waals surface area contributed by atoms with Crippen LogP contribution >= 0.6 is 0 Å². The molecule has 1 aromatic carbocycles. The highest BCUT2D eigenvalue weighted by atomic mass is 16.5. The van der Waals surface area contributed by atoms with Gasteiger partial charge in [0.25, 0.3) is 0 Å². The molecule has 2 rings (SSSR count). The molecule has 0 aromatic heterocycles. The number of hydrogen-bond donors (Lipinski definition) is 2. The average molecular weight is 333 g/mol. The summed E-state index contributed by atoms with van der Waals surface area (Å²) in [5.74, 6) is 0.570. The van der Waals surface area contributed by atoms with E-state index < -0.39 is 0 Å². The Hall–Kier alpha value is -1.92. The lowest BCUT2D eigenvalue weighted by Crippen LogP contribution is -2.44. The molecule has 1 aliphatic rings. The average Bonchev–Trinajstić information content (AvgIpc) is 2.59. The van der Waals surface area contributed by atoms with Gasteiger partial charge in [0.1, 0.15) is 5.75 Å². The van der Waals surface area contributed by atoms with Crippen molar-refractivity contribution in [2.45, 2.75) is 19.8 Å². The summed E-state index contributed by atoms with van der Waals surface area (Å²) in [6, 6.07) is 5.20. The van der Waals surface area contributed by atoms with Gasteiger partial charge in [-0.25, -0.2) is 0 Å². The Balaban J connectivity index is 1.78. The van der Waals surface area contributed by atoms with Crippen LogP contribution in [0.1, 0.15) is 29.3 Å². The summed E-state index contributed by atoms with van der Waals surface area (Å²) in [5.41, 5.74) is 1.34. The summed E-state index contributed by atoms with van der Waals surface area (Å²) >= 11 is 0. The zero-order valence-corrected chi connectivity index (χ0v) is 14.6. The topological polar surface area (TPSA) is 70.7 Å². The number of Topliss-reactive ketones (excluding diaryl/α,β-unsaturated/α-hetero) is 1. The highest BCUT2D eigenvalue weighted by molar-refractivity contribution is 5.94. The second-order valence-corrected chi connectivity index (χ2v) is 6.05. The Labute approximate surface area is 143 Å². The first-order valence-electron chi connectivity index (χ1n) is 8.48. The summed E-state index contributed by atoms with van der Waals surface area (Å²) in [7, 11) is 1.57. The molecule has 6 heteroatoms. The van der Waals surface area contributed by atoms with Gasteiger partial charge in [0.2, 0.25) is 5.91 Å². The van der Waals surface area contributed by atoms with Gasteiger partial charge in [-0.1, -0.05) is 0 Å². The number of carbonyl (C=O) groups is 2. The second-order valence-electron chi connectivity index (χ2n) is 6.05. The highest BCUT2D eigenvalue weighted by Gasteiger charge is 2.12. The number of ether oxygens (including phenoxy) is 1. The van der Waals surface area contributed by atoms with Crippen molar-refractivity contribution in [1.29, 1.82) is 0 Å². The molecule has 132 valence electrons. The number of benzene rings is 1. The lowest BCUT2D eigenvalue weighted by atomic mass is 10.0. The third-order valence-electron chi connectivity index (χ3n) is 4.22. The van der Waals surface area contributed by atoms with Crippen LogP contribution in [0.3, 0.4) is 0 Å². The van der Waals surface area contributed by atoms with Crippen molar-refractivity contribution in [2.24, 2.45) is 0 Å². The number of ketones is 1. The number of rotatable bonds is 8. The van der Waals surface area contributed by atoms with Gasteiger partial charge in [-0.3, -0.25) is 9.59 Å². The summed E-state index contributed by atoms with van der Waals surface area (Å²) in [5, 5.41) is 6.28. The first kappa shape index (κ1) is 18.4. The van der Waals surface area contributed by atoms with Crippen LogP contribution in [0.15, 0.2) is 18.2 Å². The van der Waals surface area contributed by atoms with E-state index in [0.29, 0.717) is 17.9 Å². The monoisotopic (exact) mass is 333 g/mol. The van der Waals surface area contributed by atoms with Crippen LogP contribution in [0, 0.1) is 0 Å². The number of nitrogens with zero attached hydrogens (tertiary/aromatic N) is 1. The molecule has 0 saturated carbocycles. The van der Waals surface area contributed by atoms with Gasteiger partial charge in [0.05, 0.1) is 13.5 Å². The molecule has 1 amide bonds. The van der Waals surface area contributed by atoms with Gasteiger partial charge in [-0.2, -0.15) is 0 Å². The number of hydrogen-bond acceptors (Lipinski definition) is 5. The Morgan fingerprint density at radius 2 is 2.04 bits per heavy atom. The largest absolute Gasteiger partial charge is 0.496 e. The molecule has 2 N–H and O–H groups in total. The fourth-order valence-corrected chi connectivity index (χ4v) is 2.84. The standard InChI is InChI=1S/C18H27N3O3/c1-14(22)15-4-5-17(24-2)16(12-15)13-18(23)20-6-3-9-21-10-7-19-8-11-21/h4-5,12,19H,3,6-11,13H2,1-2H3,(H,20,23). The molecule has 0 spiro atoms. The van der Waals surface area contributed by atoms with E-state index in [0.717, 1.165) is 44.7 Å². The van der Waals surface area contributed by atoms with Gasteiger partial charge in [0, 0.05) is 43.9 Å². The maximum atomic E-state index is 12.1. The number of methoxy groups -OCH3 is 1. The molecule has 1 saturated heterocycles. The molecule has 1 fully saturated rings. The van der Waals surface area contributed by atoms with E-state index in [-0.39, 0.29) is 18.1 Å². The van der Waals surface area contributed by atoms with E-state index >= 15 is 0 Å². The minimum absolute atomic E-state index is 0.0182. The van der Waals surface area contributed by atoms with E-state index in [1.807, 2.05) is 0 Å². The highest BCUT2D eigenvalue weighted by Crippen LogP contribution is 2.20. The van der Waals surface area contributed by atoms with Crippen LogP contribution in [-0.4, -0.2) is 63.0 Å². The molecule has 24 heavy (non-hydrogen) atoms. The van der Waals surface area contributed by atoms with Crippen molar-refractivity contribution in [1.82, 2.24) is 15.5 Å². The predicted octanol–water partition coefficient (Wildman–Crippen LogP) is 0.852. The minimum atomic E-state index is -0.0469. The normalized spacial score (nSPS) is 15.1. The fraction of sp³-hybridized carbons (Fsp3) is 0.556. The van der Waals surface area contributed by atoms with E-state index in [2.05, 4.69) is 15.5 Å². The minimum Gasteiger partial charge on any atom is -0.496 e.